The number of nitrogens with one attached hydrogen (secondary N) is 1. The number of nitrogens with two attached hydrogens (primary N) is 1. The Hall–Kier alpha value is -1.92. The Kier molecular flexibility index (Phi) is 5.62. The Morgan fingerprint density at radius 3 is 2.17 bits per heavy atom. The van der Waals surface area contributed by atoms with Gasteiger partial charge in [0.1, 0.15) is 0 Å². The fourth-order valence-electron chi connectivity index (χ4n) is 3.16. The first-order chi connectivity index (χ1) is 11.0. The number of imide groups is 1. The Balaban J connectivity index is 0.00000208. The van der Waals surface area contributed by atoms with Crippen LogP contribution < -0.4 is 11.1 Å². The predicted molar refractivity (Wildman–Crippen MR) is 92.5 cm³/mol. The number of hydrogen-bond acceptors (Lipinski definition) is 4. The fraction of sp³-hybridized carbons (Fsp3) is 0.471. The molecule has 0 aromatic heterocycles. The summed E-state index contributed by atoms with van der Waals surface area (Å²) >= 11 is 0. The largest absolute Gasteiger partial charge is 0.324 e. The van der Waals surface area contributed by atoms with Gasteiger partial charge >= 0.3 is 0 Å². The molecule has 6 nitrogen and oxygen atoms in total. The van der Waals surface area contributed by atoms with Gasteiger partial charge in [0.25, 0.3) is 0 Å². The van der Waals surface area contributed by atoms with E-state index in [1.165, 1.54) is 4.90 Å². The Morgan fingerprint density at radius 2 is 1.62 bits per heavy atom. The molecule has 2 aliphatic rings. The Labute approximate surface area is 147 Å². The van der Waals surface area contributed by atoms with Crippen LogP contribution in [0, 0.1) is 0 Å². The van der Waals surface area contributed by atoms with Gasteiger partial charge < -0.3 is 11.1 Å². The monoisotopic (exact) mass is 351 g/mol. The van der Waals surface area contributed by atoms with Crippen LogP contribution >= 0.6 is 12.4 Å². The molecule has 24 heavy (non-hydrogen) atoms. The van der Waals surface area contributed by atoms with Crippen LogP contribution in [-0.2, 0) is 20.9 Å². The first-order valence-electron chi connectivity index (χ1n) is 8.00. The zero-order valence-electron chi connectivity index (χ0n) is 13.4. The van der Waals surface area contributed by atoms with Crippen LogP contribution in [0.15, 0.2) is 24.3 Å². The van der Waals surface area contributed by atoms with Crippen molar-refractivity contribution in [3.05, 3.63) is 29.8 Å². The molecule has 3 rings (SSSR count). The maximum Gasteiger partial charge on any atom is 0.244 e. The lowest BCUT2D eigenvalue weighted by atomic mass is 9.98. The molecule has 3 N–H and O–H groups in total. The van der Waals surface area contributed by atoms with Crippen molar-refractivity contribution >= 4 is 35.8 Å². The van der Waals surface area contributed by atoms with Crippen LogP contribution in [0.4, 0.5) is 5.69 Å². The second-order valence-corrected chi connectivity index (χ2v) is 6.39. The summed E-state index contributed by atoms with van der Waals surface area (Å²) in [6, 6.07) is 7.17. The number of carbonyl (C=O) groups excluding carboxylic acids is 3. The highest BCUT2D eigenvalue weighted by Crippen LogP contribution is 2.28. The highest BCUT2D eigenvalue weighted by atomic mass is 35.5. The van der Waals surface area contributed by atoms with Crippen molar-refractivity contribution in [1.82, 2.24) is 4.90 Å². The van der Waals surface area contributed by atoms with Gasteiger partial charge in [-0.1, -0.05) is 25.0 Å². The number of likely N-dealkylation sites (tertiary alicyclic amines) is 1. The molecule has 1 heterocycles. The summed E-state index contributed by atoms with van der Waals surface area (Å²) in [6.07, 6.45) is 4.00. The van der Waals surface area contributed by atoms with Crippen LogP contribution in [-0.4, -0.2) is 28.2 Å². The van der Waals surface area contributed by atoms with Crippen LogP contribution in [0.3, 0.4) is 0 Å². The summed E-state index contributed by atoms with van der Waals surface area (Å²) in [6.45, 7) is 0.284. The van der Waals surface area contributed by atoms with E-state index in [0.29, 0.717) is 18.5 Å². The lowest BCUT2D eigenvalue weighted by Crippen LogP contribution is -2.48. The summed E-state index contributed by atoms with van der Waals surface area (Å²) in [5, 5.41) is 2.85. The molecule has 1 aliphatic heterocycles. The number of nitrogens with zero attached hydrogens (tertiary/aromatic N) is 1. The van der Waals surface area contributed by atoms with E-state index in [0.717, 1.165) is 31.2 Å². The van der Waals surface area contributed by atoms with Gasteiger partial charge in [0.2, 0.25) is 17.7 Å². The second kappa shape index (κ2) is 7.32. The first-order valence-corrected chi connectivity index (χ1v) is 8.00. The van der Waals surface area contributed by atoms with E-state index < -0.39 is 5.54 Å². The van der Waals surface area contributed by atoms with E-state index in [9.17, 15) is 14.4 Å². The summed E-state index contributed by atoms with van der Waals surface area (Å²) in [5.74, 6) is -0.398. The maximum absolute atomic E-state index is 12.3. The molecule has 3 amide bonds. The molecule has 130 valence electrons. The third-order valence-electron chi connectivity index (χ3n) is 4.66. The molecule has 1 aromatic rings. The molecule has 2 fully saturated rings. The molecule has 0 atom stereocenters. The highest BCUT2D eigenvalue weighted by Gasteiger charge is 2.37. The molecule has 0 radical (unpaired) electrons. The van der Waals surface area contributed by atoms with Crippen molar-refractivity contribution < 1.29 is 14.4 Å². The lowest BCUT2D eigenvalue weighted by Gasteiger charge is -2.22. The standard InChI is InChI=1S/C17H21N3O3.ClH/c18-17(9-1-2-10-17)16(23)19-13-5-3-12(4-6-13)11-20-14(21)7-8-15(20)22;/h3-6H,1-2,7-11,18H2,(H,19,23);1H. The van der Waals surface area contributed by atoms with E-state index >= 15 is 0 Å². The minimum Gasteiger partial charge on any atom is -0.324 e. The summed E-state index contributed by atoms with van der Waals surface area (Å²) in [7, 11) is 0. The molecular formula is C17H22ClN3O3. The first kappa shape index (κ1) is 18.4. The normalized spacial score (nSPS) is 19.3. The van der Waals surface area contributed by atoms with Gasteiger partial charge in [0, 0.05) is 18.5 Å². The van der Waals surface area contributed by atoms with E-state index in [2.05, 4.69) is 5.32 Å². The highest BCUT2D eigenvalue weighted by molar-refractivity contribution is 6.02. The van der Waals surface area contributed by atoms with Gasteiger partial charge in [-0.05, 0) is 30.5 Å². The predicted octanol–water partition coefficient (Wildman–Crippen LogP) is 1.97. The number of anilines is 1. The summed E-state index contributed by atoms with van der Waals surface area (Å²) in [4.78, 5) is 36.8. The number of hydrogen-bond donors (Lipinski definition) is 2. The third-order valence-corrected chi connectivity index (χ3v) is 4.66. The van der Waals surface area contributed by atoms with Crippen LogP contribution in [0.2, 0.25) is 0 Å². The molecule has 7 heteroatoms. The third kappa shape index (κ3) is 3.76. The van der Waals surface area contributed by atoms with E-state index in [4.69, 9.17) is 5.73 Å². The van der Waals surface area contributed by atoms with E-state index in [1.807, 2.05) is 12.1 Å². The lowest BCUT2D eigenvalue weighted by molar-refractivity contribution is -0.139. The van der Waals surface area contributed by atoms with Crippen molar-refractivity contribution in [2.75, 3.05) is 5.32 Å². The topological polar surface area (TPSA) is 92.5 Å². The maximum atomic E-state index is 12.3. The molecule has 1 saturated carbocycles. The molecule has 1 aliphatic carbocycles. The minimum atomic E-state index is -0.757. The van der Waals surface area contributed by atoms with Gasteiger partial charge in [-0.15, -0.1) is 12.4 Å². The van der Waals surface area contributed by atoms with Crippen molar-refractivity contribution in [1.29, 1.82) is 0 Å². The molecule has 1 aromatic carbocycles. The SMILES string of the molecule is Cl.NC1(C(=O)Nc2ccc(CN3C(=O)CCC3=O)cc2)CCCC1. The van der Waals surface area contributed by atoms with Crippen LogP contribution in [0.5, 0.6) is 0 Å². The van der Waals surface area contributed by atoms with Crippen molar-refractivity contribution in [2.45, 2.75) is 50.6 Å². The van der Waals surface area contributed by atoms with Crippen molar-refractivity contribution in [2.24, 2.45) is 5.73 Å². The quantitative estimate of drug-likeness (QED) is 0.811. The van der Waals surface area contributed by atoms with Crippen molar-refractivity contribution in [3.8, 4) is 0 Å². The molecule has 1 saturated heterocycles. The van der Waals surface area contributed by atoms with Gasteiger partial charge in [0.15, 0.2) is 0 Å². The zero-order valence-corrected chi connectivity index (χ0v) is 14.2. The fourth-order valence-corrected chi connectivity index (χ4v) is 3.16. The number of carbonyl (C=O) groups is 3. The molecule has 0 bridgehead atoms. The second-order valence-electron chi connectivity index (χ2n) is 6.39. The van der Waals surface area contributed by atoms with Gasteiger partial charge in [-0.3, -0.25) is 19.3 Å². The van der Waals surface area contributed by atoms with E-state index in [1.54, 1.807) is 12.1 Å². The number of benzene rings is 1. The average molecular weight is 352 g/mol. The number of rotatable bonds is 4. The van der Waals surface area contributed by atoms with Crippen LogP contribution in [0.1, 0.15) is 44.1 Å². The Morgan fingerprint density at radius 1 is 1.08 bits per heavy atom. The minimum absolute atomic E-state index is 0. The van der Waals surface area contributed by atoms with Gasteiger partial charge in [-0.25, -0.2) is 0 Å². The molecular weight excluding hydrogens is 330 g/mol. The average Bonchev–Trinajstić information content (AvgIpc) is 3.11. The molecule has 0 spiro atoms. The zero-order chi connectivity index (χ0) is 16.4. The van der Waals surface area contributed by atoms with Gasteiger partial charge in [0.05, 0.1) is 12.1 Å². The van der Waals surface area contributed by atoms with Crippen molar-refractivity contribution in [3.63, 3.8) is 0 Å². The number of amides is 3. The molecule has 0 unspecified atom stereocenters. The number of halogens is 1. The van der Waals surface area contributed by atoms with Gasteiger partial charge in [-0.2, -0.15) is 0 Å². The Bertz CT molecular complexity index is 623. The summed E-state index contributed by atoms with van der Waals surface area (Å²) in [5.41, 5.74) is 6.90. The van der Waals surface area contributed by atoms with Crippen LogP contribution in [0.25, 0.3) is 0 Å². The summed E-state index contributed by atoms with van der Waals surface area (Å²) < 4.78 is 0. The van der Waals surface area contributed by atoms with E-state index in [-0.39, 0.29) is 36.7 Å². The smallest absolute Gasteiger partial charge is 0.244 e.